The molecule has 1 saturated heterocycles. The number of ether oxygens (including phenoxy) is 1. The van der Waals surface area contributed by atoms with E-state index in [0.29, 0.717) is 11.8 Å². The van der Waals surface area contributed by atoms with Crippen LogP contribution in [0, 0.1) is 11.8 Å². The van der Waals surface area contributed by atoms with E-state index in [2.05, 4.69) is 24.0 Å². The molecule has 2 fully saturated rings. The van der Waals surface area contributed by atoms with Crippen LogP contribution in [0.3, 0.4) is 0 Å². The molecule has 1 aromatic carbocycles. The Labute approximate surface area is 127 Å². The van der Waals surface area contributed by atoms with Gasteiger partial charge < -0.3 is 9.64 Å². The summed E-state index contributed by atoms with van der Waals surface area (Å²) in [6.45, 7) is 3.10. The van der Waals surface area contributed by atoms with Gasteiger partial charge in [0.15, 0.2) is 0 Å². The molecule has 2 aliphatic rings. The number of amides is 1. The Balaban J connectivity index is 1.82. The molecular weight excluding hydrogens is 262 g/mol. The Bertz CT molecular complexity index is 496. The first-order valence-corrected chi connectivity index (χ1v) is 8.15. The third-order valence-electron chi connectivity index (χ3n) is 4.96. The lowest BCUT2D eigenvalue weighted by Crippen LogP contribution is -2.36. The number of nitrogens with zero attached hydrogens (tertiary/aromatic N) is 1. The molecule has 0 spiro atoms. The summed E-state index contributed by atoms with van der Waals surface area (Å²) in [6, 6.07) is 8.49. The van der Waals surface area contributed by atoms with Gasteiger partial charge in [-0.25, -0.2) is 0 Å². The summed E-state index contributed by atoms with van der Waals surface area (Å²) in [4.78, 5) is 14.9. The molecule has 0 N–H and O–H groups in total. The molecule has 1 aliphatic heterocycles. The second-order valence-electron chi connectivity index (χ2n) is 6.49. The van der Waals surface area contributed by atoms with Crippen LogP contribution in [0.1, 0.15) is 50.6 Å². The van der Waals surface area contributed by atoms with Crippen LogP contribution in [-0.4, -0.2) is 24.5 Å². The summed E-state index contributed by atoms with van der Waals surface area (Å²) in [5.74, 6) is 2.12. The Morgan fingerprint density at radius 3 is 2.52 bits per heavy atom. The monoisotopic (exact) mass is 287 g/mol. The predicted molar refractivity (Wildman–Crippen MR) is 83.2 cm³/mol. The third kappa shape index (κ3) is 3.07. The van der Waals surface area contributed by atoms with Gasteiger partial charge in [-0.1, -0.05) is 31.9 Å². The summed E-state index contributed by atoms with van der Waals surface area (Å²) in [5.41, 5.74) is 1.25. The molecule has 3 heteroatoms. The average Bonchev–Trinajstić information content (AvgIpc) is 3.28. The molecule has 1 amide bonds. The second kappa shape index (κ2) is 6.08. The number of methoxy groups -OCH3 is 1. The Morgan fingerprint density at radius 2 is 1.90 bits per heavy atom. The molecule has 3 unspecified atom stereocenters. The van der Waals surface area contributed by atoms with Gasteiger partial charge in [-0.15, -0.1) is 0 Å². The van der Waals surface area contributed by atoms with Crippen LogP contribution in [0.5, 0.6) is 5.75 Å². The van der Waals surface area contributed by atoms with Gasteiger partial charge in [0, 0.05) is 12.5 Å². The molecule has 21 heavy (non-hydrogen) atoms. The first kappa shape index (κ1) is 14.4. The number of hydrogen-bond acceptors (Lipinski definition) is 2. The van der Waals surface area contributed by atoms with Crippen molar-refractivity contribution in [2.45, 2.75) is 45.1 Å². The van der Waals surface area contributed by atoms with E-state index in [0.717, 1.165) is 31.6 Å². The van der Waals surface area contributed by atoms with Crippen molar-refractivity contribution in [3.8, 4) is 5.75 Å². The van der Waals surface area contributed by atoms with Crippen molar-refractivity contribution in [1.29, 1.82) is 0 Å². The lowest BCUT2D eigenvalue weighted by Gasteiger charge is -2.31. The van der Waals surface area contributed by atoms with Crippen LogP contribution >= 0.6 is 0 Å². The van der Waals surface area contributed by atoms with E-state index >= 15 is 0 Å². The van der Waals surface area contributed by atoms with E-state index in [1.54, 1.807) is 7.11 Å². The average molecular weight is 287 g/mol. The zero-order chi connectivity index (χ0) is 14.8. The minimum absolute atomic E-state index is 0.249. The van der Waals surface area contributed by atoms with Crippen LogP contribution in [0.2, 0.25) is 0 Å². The standard InChI is InChI=1S/C18H25NO2/c1-13-12-16(13)18(20)19-11-5-3-4-6-17(19)14-7-9-15(21-2)10-8-14/h7-10,13,16-17H,3-6,11-12H2,1-2H3. The van der Waals surface area contributed by atoms with Gasteiger partial charge >= 0.3 is 0 Å². The van der Waals surface area contributed by atoms with Gasteiger partial charge in [0.25, 0.3) is 0 Å². The number of carbonyl (C=O) groups excluding carboxylic acids is 1. The molecule has 0 aromatic heterocycles. The Hall–Kier alpha value is -1.51. The summed E-state index contributed by atoms with van der Waals surface area (Å²) < 4.78 is 5.24. The van der Waals surface area contributed by atoms with Crippen LogP contribution in [-0.2, 0) is 4.79 Å². The molecule has 0 radical (unpaired) electrons. The lowest BCUT2D eigenvalue weighted by atomic mass is 10.00. The first-order chi connectivity index (χ1) is 10.2. The number of rotatable bonds is 3. The minimum atomic E-state index is 0.249. The van der Waals surface area contributed by atoms with Gasteiger partial charge in [-0.3, -0.25) is 4.79 Å². The normalized spacial score (nSPS) is 28.9. The van der Waals surface area contributed by atoms with Gasteiger partial charge in [-0.05, 0) is 42.9 Å². The molecular formula is C18H25NO2. The number of benzene rings is 1. The molecule has 3 nitrogen and oxygen atoms in total. The Kier molecular flexibility index (Phi) is 4.18. The third-order valence-corrected chi connectivity index (χ3v) is 4.96. The summed E-state index contributed by atoms with van der Waals surface area (Å²) in [7, 11) is 1.69. The van der Waals surface area contributed by atoms with E-state index < -0.39 is 0 Å². The van der Waals surface area contributed by atoms with E-state index in [1.807, 2.05) is 12.1 Å². The Morgan fingerprint density at radius 1 is 1.19 bits per heavy atom. The molecule has 1 aliphatic carbocycles. The zero-order valence-electron chi connectivity index (χ0n) is 13.0. The molecule has 1 aromatic rings. The van der Waals surface area contributed by atoms with Crippen molar-refractivity contribution in [2.75, 3.05) is 13.7 Å². The van der Waals surface area contributed by atoms with Crippen molar-refractivity contribution >= 4 is 5.91 Å². The fraction of sp³-hybridized carbons (Fsp3) is 0.611. The van der Waals surface area contributed by atoms with Crippen molar-refractivity contribution < 1.29 is 9.53 Å². The first-order valence-electron chi connectivity index (χ1n) is 8.15. The summed E-state index contributed by atoms with van der Waals surface area (Å²) >= 11 is 0. The highest BCUT2D eigenvalue weighted by atomic mass is 16.5. The van der Waals surface area contributed by atoms with Crippen molar-refractivity contribution in [3.05, 3.63) is 29.8 Å². The quantitative estimate of drug-likeness (QED) is 0.846. The fourth-order valence-corrected chi connectivity index (χ4v) is 3.42. The molecule has 114 valence electrons. The topological polar surface area (TPSA) is 29.5 Å². The maximum Gasteiger partial charge on any atom is 0.226 e. The molecule has 1 heterocycles. The predicted octanol–water partition coefficient (Wildman–Crippen LogP) is 3.79. The summed E-state index contributed by atoms with van der Waals surface area (Å²) in [6.07, 6.45) is 5.74. The second-order valence-corrected chi connectivity index (χ2v) is 6.49. The minimum Gasteiger partial charge on any atom is -0.497 e. The molecule has 0 bridgehead atoms. The van der Waals surface area contributed by atoms with Gasteiger partial charge in [-0.2, -0.15) is 0 Å². The summed E-state index contributed by atoms with van der Waals surface area (Å²) in [5, 5.41) is 0. The van der Waals surface area contributed by atoms with E-state index in [1.165, 1.54) is 18.4 Å². The van der Waals surface area contributed by atoms with E-state index in [4.69, 9.17) is 4.74 Å². The largest absolute Gasteiger partial charge is 0.497 e. The highest BCUT2D eigenvalue weighted by molar-refractivity contribution is 5.82. The van der Waals surface area contributed by atoms with E-state index in [-0.39, 0.29) is 12.0 Å². The lowest BCUT2D eigenvalue weighted by molar-refractivity contribution is -0.135. The van der Waals surface area contributed by atoms with Gasteiger partial charge in [0.05, 0.1) is 13.2 Å². The smallest absolute Gasteiger partial charge is 0.226 e. The van der Waals surface area contributed by atoms with Crippen LogP contribution in [0.4, 0.5) is 0 Å². The van der Waals surface area contributed by atoms with Crippen molar-refractivity contribution in [2.24, 2.45) is 11.8 Å². The molecule has 3 rings (SSSR count). The van der Waals surface area contributed by atoms with Crippen LogP contribution < -0.4 is 4.74 Å². The maximum atomic E-state index is 12.7. The van der Waals surface area contributed by atoms with Gasteiger partial charge in [0.1, 0.15) is 5.75 Å². The number of carbonyl (C=O) groups is 1. The van der Waals surface area contributed by atoms with E-state index in [9.17, 15) is 4.79 Å². The highest BCUT2D eigenvalue weighted by Crippen LogP contribution is 2.42. The number of likely N-dealkylation sites (tertiary alicyclic amines) is 1. The van der Waals surface area contributed by atoms with Crippen LogP contribution in [0.25, 0.3) is 0 Å². The zero-order valence-corrected chi connectivity index (χ0v) is 13.0. The molecule has 3 atom stereocenters. The fourth-order valence-electron chi connectivity index (χ4n) is 3.42. The highest BCUT2D eigenvalue weighted by Gasteiger charge is 2.43. The number of hydrogen-bond donors (Lipinski definition) is 0. The van der Waals surface area contributed by atoms with Crippen molar-refractivity contribution in [3.63, 3.8) is 0 Å². The van der Waals surface area contributed by atoms with Crippen molar-refractivity contribution in [1.82, 2.24) is 4.90 Å². The maximum absolute atomic E-state index is 12.7. The van der Waals surface area contributed by atoms with Gasteiger partial charge in [0.2, 0.25) is 5.91 Å². The SMILES string of the molecule is COc1ccc(C2CCCCCN2C(=O)C2CC2C)cc1. The van der Waals surface area contributed by atoms with Crippen LogP contribution in [0.15, 0.2) is 24.3 Å². The molecule has 1 saturated carbocycles.